The van der Waals surface area contributed by atoms with E-state index in [2.05, 4.69) is 10.6 Å². The van der Waals surface area contributed by atoms with Gasteiger partial charge in [-0.1, -0.05) is 13.8 Å². The summed E-state index contributed by atoms with van der Waals surface area (Å²) in [6.07, 6.45) is -0.457. The van der Waals surface area contributed by atoms with Gasteiger partial charge < -0.3 is 30.9 Å². The molecule has 2 aliphatic rings. The molecule has 2 heterocycles. The molecular weight excluding hydrogens is 402 g/mol. The van der Waals surface area contributed by atoms with Crippen molar-refractivity contribution in [3.63, 3.8) is 0 Å². The molecule has 0 aromatic heterocycles. The van der Waals surface area contributed by atoms with Gasteiger partial charge in [0.05, 0.1) is 12.6 Å². The lowest BCUT2D eigenvalue weighted by Gasteiger charge is -2.34. The number of hydrogen-bond acceptors (Lipinski definition) is 7. The lowest BCUT2D eigenvalue weighted by atomic mass is 9.87. The zero-order valence-electron chi connectivity index (χ0n) is 16.4. The van der Waals surface area contributed by atoms with Crippen LogP contribution < -0.4 is 10.6 Å². The van der Waals surface area contributed by atoms with Crippen LogP contribution in [0.3, 0.4) is 0 Å². The van der Waals surface area contributed by atoms with E-state index in [1.807, 2.05) is 0 Å². The Kier molecular flexibility index (Phi) is 7.66. The number of β-lactam (4-membered cyclic amide) rings is 1. The first-order valence-electron chi connectivity index (χ1n) is 9.33. The van der Waals surface area contributed by atoms with Crippen molar-refractivity contribution in [3.8, 4) is 0 Å². The third-order valence-electron chi connectivity index (χ3n) is 4.92. The second-order valence-electron chi connectivity index (χ2n) is 7.69. The molecule has 0 saturated carbocycles. The maximum absolute atomic E-state index is 11.8. The molecule has 0 unspecified atom stereocenters. The monoisotopic (exact) mass is 429 g/mol. The number of amides is 3. The summed E-state index contributed by atoms with van der Waals surface area (Å²) >= 11 is 1.31. The molecule has 0 bridgehead atoms. The summed E-state index contributed by atoms with van der Waals surface area (Å²) in [5.41, 5.74) is -0.928. The van der Waals surface area contributed by atoms with Crippen LogP contribution in [0.5, 0.6) is 0 Å². The van der Waals surface area contributed by atoms with Crippen molar-refractivity contribution in [2.24, 2.45) is 5.41 Å². The van der Waals surface area contributed by atoms with Crippen molar-refractivity contribution >= 4 is 35.5 Å². The SMILES string of the molecule is CC(C)(CO)[C@@H](O)C(=O)NCCC(=O)NCCSC1=C(C(=O)O)N2C(=O)C[C@H]2C1. The second kappa shape index (κ2) is 9.59. The molecule has 2 atom stereocenters. The van der Waals surface area contributed by atoms with Crippen LogP contribution in [0.4, 0.5) is 0 Å². The molecule has 0 aliphatic carbocycles. The fourth-order valence-electron chi connectivity index (χ4n) is 3.04. The molecule has 1 saturated heterocycles. The van der Waals surface area contributed by atoms with Crippen LogP contribution in [0.2, 0.25) is 0 Å². The number of thioether (sulfide) groups is 1. The van der Waals surface area contributed by atoms with Gasteiger partial charge in [0.25, 0.3) is 0 Å². The number of fused-ring (bicyclic) bond motifs is 1. The van der Waals surface area contributed by atoms with Crippen molar-refractivity contribution in [2.45, 2.75) is 45.3 Å². The summed E-state index contributed by atoms with van der Waals surface area (Å²) in [5.74, 6) is -1.77. The molecule has 162 valence electrons. The highest BCUT2D eigenvalue weighted by molar-refractivity contribution is 8.03. The average Bonchev–Trinajstić information content (AvgIpc) is 2.96. The molecule has 11 heteroatoms. The minimum absolute atomic E-state index is 0.0239. The number of aliphatic hydroxyl groups excluding tert-OH is 2. The van der Waals surface area contributed by atoms with Gasteiger partial charge in [0.2, 0.25) is 17.7 Å². The predicted molar refractivity (Wildman–Crippen MR) is 104 cm³/mol. The summed E-state index contributed by atoms with van der Waals surface area (Å²) < 4.78 is 0. The predicted octanol–water partition coefficient (Wildman–Crippen LogP) is -0.978. The molecule has 0 radical (unpaired) electrons. The Morgan fingerprint density at radius 3 is 2.52 bits per heavy atom. The van der Waals surface area contributed by atoms with Gasteiger partial charge in [0, 0.05) is 48.4 Å². The maximum atomic E-state index is 11.8. The van der Waals surface area contributed by atoms with E-state index < -0.39 is 23.4 Å². The highest BCUT2D eigenvalue weighted by Crippen LogP contribution is 2.42. The zero-order valence-corrected chi connectivity index (χ0v) is 17.3. The number of nitrogens with zero attached hydrogens (tertiary/aromatic N) is 1. The summed E-state index contributed by atoms with van der Waals surface area (Å²) in [6.45, 7) is 3.10. The Labute approximate surface area is 172 Å². The molecule has 3 amide bonds. The first kappa shape index (κ1) is 23.2. The number of carbonyl (C=O) groups excluding carboxylic acids is 3. The summed E-state index contributed by atoms with van der Waals surface area (Å²) in [7, 11) is 0. The van der Waals surface area contributed by atoms with E-state index in [0.717, 1.165) is 0 Å². The smallest absolute Gasteiger partial charge is 0.353 e. The number of carboxylic acids is 1. The van der Waals surface area contributed by atoms with Crippen LogP contribution in [-0.4, -0.2) is 81.5 Å². The minimum atomic E-state index is -1.38. The van der Waals surface area contributed by atoms with Gasteiger partial charge in [-0.15, -0.1) is 11.8 Å². The van der Waals surface area contributed by atoms with Gasteiger partial charge in [-0.2, -0.15) is 0 Å². The highest BCUT2D eigenvalue weighted by atomic mass is 32.2. The molecule has 0 aromatic rings. The van der Waals surface area contributed by atoms with Crippen LogP contribution >= 0.6 is 11.8 Å². The van der Waals surface area contributed by atoms with Crippen LogP contribution in [0.1, 0.15) is 33.1 Å². The van der Waals surface area contributed by atoms with E-state index in [9.17, 15) is 29.4 Å². The normalized spacial score (nSPS) is 19.5. The third-order valence-corrected chi connectivity index (χ3v) is 6.04. The lowest BCUT2D eigenvalue weighted by molar-refractivity contribution is -0.147. The number of rotatable bonds is 11. The summed E-state index contributed by atoms with van der Waals surface area (Å²) in [5, 5.41) is 33.5. The Hall–Kier alpha value is -2.11. The first-order chi connectivity index (χ1) is 13.6. The van der Waals surface area contributed by atoms with Crippen LogP contribution in [0.15, 0.2) is 10.6 Å². The molecule has 5 N–H and O–H groups in total. The maximum Gasteiger partial charge on any atom is 0.353 e. The number of nitrogens with one attached hydrogen (secondary N) is 2. The fourth-order valence-corrected chi connectivity index (χ4v) is 4.12. The highest BCUT2D eigenvalue weighted by Gasteiger charge is 2.47. The second-order valence-corrected chi connectivity index (χ2v) is 8.88. The number of hydrogen-bond donors (Lipinski definition) is 5. The van der Waals surface area contributed by atoms with Gasteiger partial charge in [0.15, 0.2) is 0 Å². The Bertz CT molecular complexity index is 722. The molecule has 10 nitrogen and oxygen atoms in total. The number of aliphatic carboxylic acids is 1. The Morgan fingerprint density at radius 2 is 1.93 bits per heavy atom. The fraction of sp³-hybridized carbons (Fsp3) is 0.667. The number of carbonyl (C=O) groups is 4. The summed E-state index contributed by atoms with van der Waals surface area (Å²) in [6, 6.07) is -0.0551. The number of carboxylic acid groups (broad SMARTS) is 1. The van der Waals surface area contributed by atoms with E-state index in [4.69, 9.17) is 5.11 Å². The Balaban J connectivity index is 1.66. The van der Waals surface area contributed by atoms with E-state index in [0.29, 0.717) is 30.0 Å². The van der Waals surface area contributed by atoms with E-state index in [1.165, 1.54) is 16.7 Å². The molecule has 29 heavy (non-hydrogen) atoms. The standard InChI is InChI=1S/C18H27N3O7S/c1-18(2,9-22)15(25)16(26)20-4-3-12(23)19-5-6-29-11-7-10-8-13(24)21(10)14(11)17(27)28/h10,15,22,25H,3-9H2,1-2H3,(H,19,23)(H,20,26)(H,27,28)/t10-,15+/m1/s1. The van der Waals surface area contributed by atoms with Crippen molar-refractivity contribution in [3.05, 3.63) is 10.6 Å². The first-order valence-corrected chi connectivity index (χ1v) is 10.3. The van der Waals surface area contributed by atoms with Crippen LogP contribution in [-0.2, 0) is 19.2 Å². The molecule has 2 rings (SSSR count). The van der Waals surface area contributed by atoms with Crippen LogP contribution in [0.25, 0.3) is 0 Å². The quantitative estimate of drug-likeness (QED) is 0.207. The zero-order chi connectivity index (χ0) is 21.8. The minimum Gasteiger partial charge on any atom is -0.477 e. The molecule has 0 spiro atoms. The van der Waals surface area contributed by atoms with Crippen LogP contribution in [0, 0.1) is 5.41 Å². The van der Waals surface area contributed by atoms with Gasteiger partial charge in [0.1, 0.15) is 11.8 Å². The van der Waals surface area contributed by atoms with Gasteiger partial charge in [-0.25, -0.2) is 4.79 Å². The molecular formula is C18H27N3O7S. The summed E-state index contributed by atoms with van der Waals surface area (Å²) in [4.78, 5) is 48.6. The van der Waals surface area contributed by atoms with Crippen molar-refractivity contribution in [1.29, 1.82) is 0 Å². The van der Waals surface area contributed by atoms with Crippen molar-refractivity contribution in [2.75, 3.05) is 25.4 Å². The van der Waals surface area contributed by atoms with E-state index >= 15 is 0 Å². The topological polar surface area (TPSA) is 156 Å². The lowest BCUT2D eigenvalue weighted by Crippen LogP contribution is -2.49. The molecule has 2 aliphatic heterocycles. The average molecular weight is 429 g/mol. The Morgan fingerprint density at radius 1 is 1.24 bits per heavy atom. The van der Waals surface area contributed by atoms with Gasteiger partial charge in [-0.3, -0.25) is 14.4 Å². The van der Waals surface area contributed by atoms with Crippen molar-refractivity contribution in [1.82, 2.24) is 15.5 Å². The van der Waals surface area contributed by atoms with E-state index in [-0.39, 0.29) is 43.1 Å². The van der Waals surface area contributed by atoms with E-state index in [1.54, 1.807) is 13.8 Å². The van der Waals surface area contributed by atoms with Crippen molar-refractivity contribution < 1.29 is 34.5 Å². The molecule has 0 aromatic carbocycles. The van der Waals surface area contributed by atoms with Gasteiger partial charge in [-0.05, 0) is 0 Å². The van der Waals surface area contributed by atoms with Gasteiger partial charge >= 0.3 is 5.97 Å². The number of aliphatic hydroxyl groups is 2. The molecule has 1 fully saturated rings. The third kappa shape index (κ3) is 5.49. The largest absolute Gasteiger partial charge is 0.477 e.